The molecule has 4 atom stereocenters. The summed E-state index contributed by atoms with van der Waals surface area (Å²) in [5.74, 6) is 1.12. The molecule has 3 aliphatic heterocycles. The molecule has 60 heavy (non-hydrogen) atoms. The number of nitrogens with zero attached hydrogens (tertiary/aromatic N) is 4. The fourth-order valence-corrected chi connectivity index (χ4v) is 9.36. The Morgan fingerprint density at radius 1 is 0.717 bits per heavy atom. The van der Waals surface area contributed by atoms with E-state index in [1.54, 1.807) is 0 Å². The second-order valence-corrected chi connectivity index (χ2v) is 18.7. The number of likely N-dealkylation sites (tertiary alicyclic amines) is 2. The first-order valence-electron chi connectivity index (χ1n) is 20.8. The van der Waals surface area contributed by atoms with Crippen molar-refractivity contribution in [2.45, 2.75) is 96.8 Å². The number of fused-ring (bicyclic) bond motifs is 5. The third kappa shape index (κ3) is 7.20. The minimum Gasteiger partial charge on any atom is -0.453 e. The number of carbonyl (C=O) groups is 4. The van der Waals surface area contributed by atoms with Gasteiger partial charge in [0, 0.05) is 13.1 Å². The molecule has 5 heterocycles. The highest BCUT2D eigenvalue weighted by Crippen LogP contribution is 2.54. The zero-order valence-corrected chi connectivity index (χ0v) is 35.7. The maximum absolute atomic E-state index is 13.9. The van der Waals surface area contributed by atoms with Crippen LogP contribution in [-0.2, 0) is 29.2 Å². The number of H-pyrrole nitrogens is 2. The van der Waals surface area contributed by atoms with Crippen LogP contribution in [0.15, 0.2) is 48.8 Å². The minimum absolute atomic E-state index is 0.156. The molecule has 15 heteroatoms. The summed E-state index contributed by atoms with van der Waals surface area (Å²) in [4.78, 5) is 72.6. The molecule has 4 aliphatic rings. The molecule has 0 bridgehead atoms. The largest absolute Gasteiger partial charge is 0.453 e. The lowest BCUT2D eigenvalue weighted by Crippen LogP contribution is -2.54. The van der Waals surface area contributed by atoms with Gasteiger partial charge in [-0.25, -0.2) is 19.6 Å². The standard InChI is InChI=1S/C45H56N8O7/c1-43(2,3)35(50-41(56)58-7)39(54)52-17-9-11-33(52)37-46-21-31(48-37)25-13-15-27-28-16-14-26(20-30(28)45(23-60-24-45)29(27)19-25)32-22-47-38(49-32)34-12-10-18-53(34)40(55)36(44(4,5)6)51-42(57)59-8/h13-16,19-22,33-36H,9-12,17-18,23-24H2,1-8H3,(H,46,48)(H,47,49)(H,50,56)(H,51,57)/t33-,34-,35+,36+/m0/s1. The third-order valence-electron chi connectivity index (χ3n) is 12.7. The van der Waals surface area contributed by atoms with E-state index in [0.29, 0.717) is 38.0 Å². The minimum atomic E-state index is -0.756. The highest BCUT2D eigenvalue weighted by atomic mass is 16.5. The lowest BCUT2D eigenvalue weighted by atomic mass is 9.75. The van der Waals surface area contributed by atoms with E-state index in [-0.39, 0.29) is 29.3 Å². The molecule has 3 saturated heterocycles. The molecule has 0 radical (unpaired) electrons. The van der Waals surface area contributed by atoms with Gasteiger partial charge in [0.05, 0.1) is 68.7 Å². The first-order chi connectivity index (χ1) is 28.5. The Balaban J connectivity index is 1.03. The Hall–Kier alpha value is -5.70. The quantitative estimate of drug-likeness (QED) is 0.152. The van der Waals surface area contributed by atoms with Crippen LogP contribution in [-0.4, -0.2) is 106 Å². The SMILES string of the molecule is COC(=O)N[C@H](C(=O)N1CCC[C@H]1c1ncc(-c2ccc3c(c2)C2(COC2)c2cc(-c4cnc([C@@H]5CCCN5C(=O)[C@@H](NC(=O)OC)C(C)(C)C)[nH]4)ccc2-3)[nH]1)C(C)(C)C. The summed E-state index contributed by atoms with van der Waals surface area (Å²) in [5.41, 5.74) is 7.08. The third-order valence-corrected chi connectivity index (χ3v) is 12.7. The van der Waals surface area contributed by atoms with E-state index >= 15 is 0 Å². The number of amides is 4. The van der Waals surface area contributed by atoms with Crippen LogP contribution in [0.5, 0.6) is 0 Å². The molecule has 1 spiro atoms. The van der Waals surface area contributed by atoms with Gasteiger partial charge in [0.15, 0.2) is 0 Å². The molecule has 4 aromatic rings. The lowest BCUT2D eigenvalue weighted by Gasteiger charge is -2.40. The van der Waals surface area contributed by atoms with E-state index in [1.165, 1.54) is 36.5 Å². The van der Waals surface area contributed by atoms with Crippen molar-refractivity contribution >= 4 is 24.0 Å². The van der Waals surface area contributed by atoms with Crippen LogP contribution in [0, 0.1) is 10.8 Å². The van der Waals surface area contributed by atoms with Crippen LogP contribution in [0.4, 0.5) is 9.59 Å². The van der Waals surface area contributed by atoms with E-state index in [2.05, 4.69) is 57.0 Å². The fourth-order valence-electron chi connectivity index (χ4n) is 9.36. The Morgan fingerprint density at radius 2 is 1.13 bits per heavy atom. The monoisotopic (exact) mass is 820 g/mol. The highest BCUT2D eigenvalue weighted by Gasteiger charge is 2.50. The van der Waals surface area contributed by atoms with Gasteiger partial charge in [-0.2, -0.15) is 0 Å². The molecule has 8 rings (SSSR count). The van der Waals surface area contributed by atoms with Crippen LogP contribution < -0.4 is 10.6 Å². The molecule has 1 aliphatic carbocycles. The summed E-state index contributed by atoms with van der Waals surface area (Å²) >= 11 is 0. The molecule has 2 aromatic carbocycles. The normalized spacial score (nSPS) is 20.3. The number of hydrogen-bond acceptors (Lipinski definition) is 9. The molecule has 3 fully saturated rings. The van der Waals surface area contributed by atoms with Gasteiger partial charge in [0.25, 0.3) is 0 Å². The summed E-state index contributed by atoms with van der Waals surface area (Å²) < 4.78 is 15.6. The molecule has 4 N–H and O–H groups in total. The number of aromatic nitrogens is 4. The smallest absolute Gasteiger partial charge is 0.407 e. The van der Waals surface area contributed by atoms with Crippen molar-refractivity contribution in [3.63, 3.8) is 0 Å². The summed E-state index contributed by atoms with van der Waals surface area (Å²) in [7, 11) is 2.59. The van der Waals surface area contributed by atoms with Gasteiger partial charge in [0.1, 0.15) is 23.7 Å². The fraction of sp³-hybridized carbons (Fsp3) is 0.511. The topological polar surface area (TPSA) is 184 Å². The van der Waals surface area contributed by atoms with E-state index in [1.807, 2.05) is 63.7 Å². The van der Waals surface area contributed by atoms with Crippen molar-refractivity contribution < 1.29 is 33.4 Å². The van der Waals surface area contributed by atoms with E-state index in [4.69, 9.17) is 24.2 Å². The van der Waals surface area contributed by atoms with Gasteiger partial charge in [0.2, 0.25) is 11.8 Å². The number of alkyl carbamates (subject to hydrolysis) is 2. The van der Waals surface area contributed by atoms with Crippen LogP contribution in [0.25, 0.3) is 33.6 Å². The predicted octanol–water partition coefficient (Wildman–Crippen LogP) is 6.63. The number of carbonyl (C=O) groups excluding carboxylic acids is 4. The molecule has 15 nitrogen and oxygen atoms in total. The summed E-state index contributed by atoms with van der Waals surface area (Å²) in [6, 6.07) is 11.0. The second-order valence-electron chi connectivity index (χ2n) is 18.7. The van der Waals surface area contributed by atoms with Gasteiger partial charge >= 0.3 is 12.2 Å². The van der Waals surface area contributed by atoms with Gasteiger partial charge in [-0.1, -0.05) is 65.8 Å². The first kappa shape index (κ1) is 41.1. The Bertz CT molecular complexity index is 2160. The molecular weight excluding hydrogens is 765 g/mol. The molecule has 0 saturated carbocycles. The average molecular weight is 821 g/mol. The van der Waals surface area contributed by atoms with E-state index < -0.39 is 35.1 Å². The average Bonchev–Trinajstić information content (AvgIpc) is 4.04. The van der Waals surface area contributed by atoms with Crippen molar-refractivity contribution in [2.24, 2.45) is 10.8 Å². The second kappa shape index (κ2) is 15.4. The van der Waals surface area contributed by atoms with Crippen molar-refractivity contribution in [2.75, 3.05) is 40.5 Å². The van der Waals surface area contributed by atoms with Crippen LogP contribution >= 0.6 is 0 Å². The Morgan fingerprint density at radius 3 is 1.48 bits per heavy atom. The summed E-state index contributed by atoms with van der Waals surface area (Å²) in [5, 5.41) is 5.51. The van der Waals surface area contributed by atoms with E-state index in [9.17, 15) is 19.2 Å². The number of ether oxygens (including phenoxy) is 3. The van der Waals surface area contributed by atoms with Crippen molar-refractivity contribution in [3.8, 4) is 33.6 Å². The zero-order chi connectivity index (χ0) is 42.7. The number of benzene rings is 2. The zero-order valence-electron chi connectivity index (χ0n) is 35.7. The van der Waals surface area contributed by atoms with E-state index in [0.717, 1.165) is 48.2 Å². The Labute approximate surface area is 350 Å². The number of hydrogen-bond donors (Lipinski definition) is 4. The maximum atomic E-state index is 13.9. The van der Waals surface area contributed by atoms with Gasteiger partial charge in [-0.15, -0.1) is 0 Å². The van der Waals surface area contributed by atoms with Crippen molar-refractivity contribution in [3.05, 3.63) is 71.6 Å². The van der Waals surface area contributed by atoms with Crippen molar-refractivity contribution in [1.29, 1.82) is 0 Å². The maximum Gasteiger partial charge on any atom is 0.407 e. The highest BCUT2D eigenvalue weighted by molar-refractivity contribution is 5.89. The molecule has 318 valence electrons. The van der Waals surface area contributed by atoms with Crippen molar-refractivity contribution in [1.82, 2.24) is 40.4 Å². The van der Waals surface area contributed by atoms with Crippen LogP contribution in [0.1, 0.15) is 102 Å². The van der Waals surface area contributed by atoms with Gasteiger partial charge in [-0.05, 0) is 82.0 Å². The van der Waals surface area contributed by atoms with Gasteiger partial charge in [-0.3, -0.25) is 9.59 Å². The number of imidazole rings is 2. The van der Waals surface area contributed by atoms with Crippen LogP contribution in [0.3, 0.4) is 0 Å². The number of nitrogens with one attached hydrogen (secondary N) is 4. The number of rotatable bonds is 8. The number of aromatic amines is 2. The first-order valence-corrected chi connectivity index (χ1v) is 20.8. The number of methoxy groups -OCH3 is 2. The van der Waals surface area contributed by atoms with Crippen LogP contribution in [0.2, 0.25) is 0 Å². The summed E-state index contributed by atoms with van der Waals surface area (Å²) in [6.45, 7) is 13.8. The lowest BCUT2D eigenvalue weighted by molar-refractivity contribution is -0.137. The van der Waals surface area contributed by atoms with Gasteiger partial charge < -0.3 is 44.6 Å². The molecule has 4 amide bonds. The molecule has 2 aromatic heterocycles. The predicted molar refractivity (Wildman–Crippen MR) is 224 cm³/mol. The molecular formula is C45H56N8O7. The Kier molecular flexibility index (Phi) is 10.5. The molecule has 0 unspecified atom stereocenters. The summed E-state index contributed by atoms with van der Waals surface area (Å²) in [6.07, 6.45) is 5.58.